The van der Waals surface area contributed by atoms with Crippen LogP contribution < -0.4 is 4.90 Å². The summed E-state index contributed by atoms with van der Waals surface area (Å²) in [5, 5.41) is 3.84. The standard InChI is InChI=1S/C16H16F3N5O2/c17-16(18,19)13-8-14(21-9-20-13)23-3-5-24(6-4-23)15(25)11-7-12(26-22-11)10-1-2-10/h7-10H,1-6H2. The molecule has 0 radical (unpaired) electrons. The first-order chi connectivity index (χ1) is 12.4. The van der Waals surface area contributed by atoms with E-state index >= 15 is 0 Å². The van der Waals surface area contributed by atoms with E-state index in [9.17, 15) is 18.0 Å². The molecular weight excluding hydrogens is 351 g/mol. The molecule has 1 aliphatic carbocycles. The third kappa shape index (κ3) is 3.35. The number of amides is 1. The second kappa shape index (κ2) is 6.26. The molecule has 1 amide bonds. The van der Waals surface area contributed by atoms with Crippen molar-refractivity contribution in [1.82, 2.24) is 20.0 Å². The van der Waals surface area contributed by atoms with Crippen molar-refractivity contribution in [3.8, 4) is 0 Å². The van der Waals surface area contributed by atoms with Crippen LogP contribution in [-0.2, 0) is 6.18 Å². The van der Waals surface area contributed by atoms with E-state index in [1.165, 1.54) is 0 Å². The number of carbonyl (C=O) groups is 1. The maximum absolute atomic E-state index is 12.8. The second-order valence-corrected chi connectivity index (χ2v) is 6.43. The Kier molecular flexibility index (Phi) is 4.04. The van der Waals surface area contributed by atoms with E-state index in [2.05, 4.69) is 15.1 Å². The summed E-state index contributed by atoms with van der Waals surface area (Å²) in [6, 6.07) is 2.61. The maximum atomic E-state index is 12.8. The predicted molar refractivity (Wildman–Crippen MR) is 83.6 cm³/mol. The minimum absolute atomic E-state index is 0.205. The number of aromatic nitrogens is 3. The number of alkyl halides is 3. The highest BCUT2D eigenvalue weighted by molar-refractivity contribution is 5.92. The van der Waals surface area contributed by atoms with E-state index in [0.29, 0.717) is 32.1 Å². The normalized spacial score (nSPS) is 18.3. The van der Waals surface area contributed by atoms with Gasteiger partial charge in [-0.3, -0.25) is 4.79 Å². The summed E-state index contributed by atoms with van der Waals surface area (Å²) in [5.74, 6) is 1.10. The van der Waals surface area contributed by atoms with Crippen LogP contribution in [-0.4, -0.2) is 52.1 Å². The molecule has 0 unspecified atom stereocenters. The first kappa shape index (κ1) is 16.8. The fourth-order valence-electron chi connectivity index (χ4n) is 2.93. The molecule has 138 valence electrons. The highest BCUT2D eigenvalue weighted by Crippen LogP contribution is 2.40. The van der Waals surface area contributed by atoms with Crippen LogP contribution in [0.15, 0.2) is 23.0 Å². The number of carbonyl (C=O) groups excluding carboxylic acids is 1. The third-order valence-electron chi connectivity index (χ3n) is 4.56. The number of piperazine rings is 1. The van der Waals surface area contributed by atoms with Gasteiger partial charge in [0, 0.05) is 44.2 Å². The van der Waals surface area contributed by atoms with E-state index in [4.69, 9.17) is 4.52 Å². The van der Waals surface area contributed by atoms with Gasteiger partial charge >= 0.3 is 6.18 Å². The van der Waals surface area contributed by atoms with Crippen molar-refractivity contribution >= 4 is 11.7 Å². The number of hydrogen-bond donors (Lipinski definition) is 0. The molecule has 7 nitrogen and oxygen atoms in total. The van der Waals surface area contributed by atoms with Gasteiger partial charge in [-0.05, 0) is 12.8 Å². The SMILES string of the molecule is O=C(c1cc(C2CC2)on1)N1CCN(c2cc(C(F)(F)F)ncn2)CC1. The molecule has 2 aromatic rings. The van der Waals surface area contributed by atoms with E-state index in [1.54, 1.807) is 15.9 Å². The van der Waals surface area contributed by atoms with E-state index in [0.717, 1.165) is 31.0 Å². The predicted octanol–water partition coefficient (Wildman–Crippen LogP) is 2.32. The highest BCUT2D eigenvalue weighted by atomic mass is 19.4. The largest absolute Gasteiger partial charge is 0.433 e. The Balaban J connectivity index is 1.40. The lowest BCUT2D eigenvalue weighted by molar-refractivity contribution is -0.141. The van der Waals surface area contributed by atoms with Gasteiger partial charge in [-0.25, -0.2) is 9.97 Å². The smallest absolute Gasteiger partial charge is 0.360 e. The molecule has 4 rings (SSSR count). The fourth-order valence-corrected chi connectivity index (χ4v) is 2.93. The molecule has 26 heavy (non-hydrogen) atoms. The quantitative estimate of drug-likeness (QED) is 0.829. The van der Waals surface area contributed by atoms with Gasteiger partial charge in [0.15, 0.2) is 5.69 Å². The summed E-state index contributed by atoms with van der Waals surface area (Å²) in [6.07, 6.45) is -1.49. The molecule has 1 saturated heterocycles. The molecule has 10 heteroatoms. The van der Waals surface area contributed by atoms with Crippen LogP contribution in [0, 0.1) is 0 Å². The Hall–Kier alpha value is -2.65. The lowest BCUT2D eigenvalue weighted by atomic mass is 10.2. The molecular formula is C16H16F3N5O2. The van der Waals surface area contributed by atoms with Crippen molar-refractivity contribution < 1.29 is 22.5 Å². The van der Waals surface area contributed by atoms with Crippen molar-refractivity contribution in [1.29, 1.82) is 0 Å². The van der Waals surface area contributed by atoms with Gasteiger partial charge in [0.1, 0.15) is 23.6 Å². The summed E-state index contributed by atoms with van der Waals surface area (Å²) in [7, 11) is 0. The Morgan fingerprint density at radius 1 is 1.12 bits per heavy atom. The Morgan fingerprint density at radius 3 is 2.50 bits per heavy atom. The van der Waals surface area contributed by atoms with Gasteiger partial charge in [0.2, 0.25) is 0 Å². The van der Waals surface area contributed by atoms with Crippen molar-refractivity contribution in [3.63, 3.8) is 0 Å². The summed E-state index contributed by atoms with van der Waals surface area (Å²) in [6.45, 7) is 1.51. The van der Waals surface area contributed by atoms with Gasteiger partial charge in [-0.2, -0.15) is 13.2 Å². The number of hydrogen-bond acceptors (Lipinski definition) is 6. The van der Waals surface area contributed by atoms with Gasteiger partial charge in [0.05, 0.1) is 0 Å². The molecule has 2 aromatic heterocycles. The topological polar surface area (TPSA) is 75.4 Å². The molecule has 0 aromatic carbocycles. The average molecular weight is 367 g/mol. The molecule has 1 saturated carbocycles. The molecule has 0 spiro atoms. The Bertz CT molecular complexity index is 810. The summed E-state index contributed by atoms with van der Waals surface area (Å²) in [5.41, 5.74) is -0.696. The van der Waals surface area contributed by atoms with Crippen LogP contribution in [0.2, 0.25) is 0 Å². The Labute approximate surface area is 146 Å². The zero-order chi connectivity index (χ0) is 18.3. The molecule has 1 aliphatic heterocycles. The van der Waals surface area contributed by atoms with Gasteiger partial charge in [-0.15, -0.1) is 0 Å². The molecule has 0 atom stereocenters. The molecule has 2 aliphatic rings. The number of rotatable bonds is 3. The van der Waals surface area contributed by atoms with Crippen LogP contribution in [0.4, 0.5) is 19.0 Å². The Morgan fingerprint density at radius 2 is 1.85 bits per heavy atom. The number of anilines is 1. The fraction of sp³-hybridized carbons (Fsp3) is 0.500. The van der Waals surface area contributed by atoms with Gasteiger partial charge in [0.25, 0.3) is 5.91 Å². The van der Waals surface area contributed by atoms with E-state index < -0.39 is 11.9 Å². The first-order valence-corrected chi connectivity index (χ1v) is 8.32. The van der Waals surface area contributed by atoms with Crippen molar-refractivity contribution in [2.45, 2.75) is 24.9 Å². The average Bonchev–Trinajstić information content (AvgIpc) is 3.38. The second-order valence-electron chi connectivity index (χ2n) is 6.43. The van der Waals surface area contributed by atoms with Crippen molar-refractivity contribution in [2.24, 2.45) is 0 Å². The summed E-state index contributed by atoms with van der Waals surface area (Å²) in [4.78, 5) is 23.0. The van der Waals surface area contributed by atoms with Gasteiger partial charge in [-0.1, -0.05) is 5.16 Å². The molecule has 3 heterocycles. The summed E-state index contributed by atoms with van der Waals surface area (Å²) >= 11 is 0. The van der Waals surface area contributed by atoms with Crippen LogP contribution in [0.25, 0.3) is 0 Å². The minimum Gasteiger partial charge on any atom is -0.360 e. The van der Waals surface area contributed by atoms with Gasteiger partial charge < -0.3 is 14.3 Å². The first-order valence-electron chi connectivity index (χ1n) is 8.32. The minimum atomic E-state index is -4.51. The lowest BCUT2D eigenvalue weighted by Crippen LogP contribution is -2.49. The summed E-state index contributed by atoms with van der Waals surface area (Å²) < 4.78 is 43.5. The lowest BCUT2D eigenvalue weighted by Gasteiger charge is -2.35. The molecule has 2 fully saturated rings. The van der Waals surface area contributed by atoms with Crippen molar-refractivity contribution in [3.05, 3.63) is 35.6 Å². The molecule has 0 bridgehead atoms. The van der Waals surface area contributed by atoms with Crippen molar-refractivity contribution in [2.75, 3.05) is 31.1 Å². The monoisotopic (exact) mass is 367 g/mol. The molecule has 0 N–H and O–H groups in total. The van der Waals surface area contributed by atoms with Crippen LogP contribution in [0.3, 0.4) is 0 Å². The number of halogens is 3. The zero-order valence-corrected chi connectivity index (χ0v) is 13.7. The maximum Gasteiger partial charge on any atom is 0.433 e. The zero-order valence-electron chi connectivity index (χ0n) is 13.7. The van der Waals surface area contributed by atoms with E-state index in [1.807, 2.05) is 0 Å². The van der Waals surface area contributed by atoms with Crippen LogP contribution in [0.1, 0.15) is 40.7 Å². The number of nitrogens with zero attached hydrogens (tertiary/aromatic N) is 5. The van der Waals surface area contributed by atoms with Crippen LogP contribution in [0.5, 0.6) is 0 Å². The highest BCUT2D eigenvalue weighted by Gasteiger charge is 2.34. The van der Waals surface area contributed by atoms with Crippen LogP contribution >= 0.6 is 0 Å². The third-order valence-corrected chi connectivity index (χ3v) is 4.56. The van der Waals surface area contributed by atoms with E-state index in [-0.39, 0.29) is 17.4 Å².